The molecule has 0 heterocycles. The predicted octanol–water partition coefficient (Wildman–Crippen LogP) is 1.85. The van der Waals surface area contributed by atoms with Crippen molar-refractivity contribution in [2.45, 2.75) is 6.92 Å². The zero-order valence-corrected chi connectivity index (χ0v) is 7.30. The Bertz CT molecular complexity index is 279. The highest BCUT2D eigenvalue weighted by molar-refractivity contribution is 5.72. The minimum Gasteiger partial charge on any atom is -0.398 e. The molecule has 0 aromatic heterocycles. The van der Waals surface area contributed by atoms with E-state index in [0.29, 0.717) is 0 Å². The first kappa shape index (κ1) is 8.65. The number of nitrogens with two attached hydrogens (primary N) is 1. The first-order chi connectivity index (χ1) is 5.75. The Morgan fingerprint density at radius 3 is 2.75 bits per heavy atom. The molecule has 0 fully saturated rings. The van der Waals surface area contributed by atoms with Gasteiger partial charge in [0.25, 0.3) is 0 Å². The van der Waals surface area contributed by atoms with Crippen molar-refractivity contribution in [2.75, 3.05) is 12.3 Å². The third kappa shape index (κ3) is 1.78. The molecule has 2 heteroatoms. The summed E-state index contributed by atoms with van der Waals surface area (Å²) in [6.45, 7) is 6.78. The fourth-order valence-electron chi connectivity index (χ4n) is 1.08. The van der Waals surface area contributed by atoms with Crippen molar-refractivity contribution < 1.29 is 0 Å². The minimum absolute atomic E-state index is 0.767. The molecule has 0 saturated heterocycles. The number of hydrogen-bond acceptors (Lipinski definition) is 2. The molecule has 64 valence electrons. The summed E-state index contributed by atoms with van der Waals surface area (Å²) in [6, 6.07) is 7.70. The van der Waals surface area contributed by atoms with Crippen LogP contribution in [0.15, 0.2) is 30.8 Å². The fourth-order valence-corrected chi connectivity index (χ4v) is 1.08. The van der Waals surface area contributed by atoms with Crippen LogP contribution in [0.5, 0.6) is 0 Å². The highest BCUT2D eigenvalue weighted by atomic mass is 14.9. The molecule has 1 aromatic carbocycles. The summed E-state index contributed by atoms with van der Waals surface area (Å²) in [5, 5.41) is 3.13. The van der Waals surface area contributed by atoms with Gasteiger partial charge in [0.15, 0.2) is 0 Å². The average Bonchev–Trinajstić information content (AvgIpc) is 2.05. The van der Waals surface area contributed by atoms with Crippen molar-refractivity contribution in [3.8, 4) is 0 Å². The zero-order chi connectivity index (χ0) is 8.97. The van der Waals surface area contributed by atoms with Crippen molar-refractivity contribution in [1.29, 1.82) is 0 Å². The Labute approximate surface area is 73.1 Å². The van der Waals surface area contributed by atoms with Crippen LogP contribution in [-0.2, 0) is 0 Å². The van der Waals surface area contributed by atoms with Crippen LogP contribution in [0.2, 0.25) is 0 Å². The molecular formula is C10H14N2. The fraction of sp³-hybridized carbons (Fsp3) is 0.200. The maximum atomic E-state index is 5.75. The van der Waals surface area contributed by atoms with Crippen molar-refractivity contribution in [1.82, 2.24) is 5.32 Å². The summed E-state index contributed by atoms with van der Waals surface area (Å²) in [4.78, 5) is 0. The number of nitrogens with one attached hydrogen (secondary N) is 1. The molecule has 0 saturated carbocycles. The van der Waals surface area contributed by atoms with Gasteiger partial charge >= 0.3 is 0 Å². The number of rotatable bonds is 3. The van der Waals surface area contributed by atoms with Crippen molar-refractivity contribution in [2.24, 2.45) is 0 Å². The lowest BCUT2D eigenvalue weighted by Gasteiger charge is -2.09. The number of benzene rings is 1. The van der Waals surface area contributed by atoms with Gasteiger partial charge in [0.05, 0.1) is 0 Å². The van der Waals surface area contributed by atoms with Gasteiger partial charge in [0, 0.05) is 23.5 Å². The van der Waals surface area contributed by atoms with Crippen molar-refractivity contribution in [3.63, 3.8) is 0 Å². The average molecular weight is 162 g/mol. The summed E-state index contributed by atoms with van der Waals surface area (Å²) in [6.07, 6.45) is 0. The molecule has 0 amide bonds. The molecule has 0 aliphatic rings. The summed E-state index contributed by atoms with van der Waals surface area (Å²) in [5.41, 5.74) is 8.39. The van der Waals surface area contributed by atoms with E-state index in [1.807, 2.05) is 31.2 Å². The lowest BCUT2D eigenvalue weighted by Crippen LogP contribution is -2.10. The van der Waals surface area contributed by atoms with E-state index in [0.717, 1.165) is 23.5 Å². The van der Waals surface area contributed by atoms with E-state index in [2.05, 4.69) is 11.9 Å². The van der Waals surface area contributed by atoms with Gasteiger partial charge in [-0.2, -0.15) is 0 Å². The summed E-state index contributed by atoms with van der Waals surface area (Å²) >= 11 is 0. The molecule has 3 N–H and O–H groups in total. The largest absolute Gasteiger partial charge is 0.398 e. The van der Waals surface area contributed by atoms with E-state index in [1.165, 1.54) is 0 Å². The van der Waals surface area contributed by atoms with Crippen LogP contribution >= 0.6 is 0 Å². The smallest absolute Gasteiger partial charge is 0.0408 e. The molecule has 2 nitrogen and oxygen atoms in total. The molecule has 0 aliphatic heterocycles. The van der Waals surface area contributed by atoms with Gasteiger partial charge in [-0.05, 0) is 13.0 Å². The number of hydrogen-bond donors (Lipinski definition) is 2. The third-order valence-corrected chi connectivity index (χ3v) is 1.68. The van der Waals surface area contributed by atoms with Crippen LogP contribution in [0.3, 0.4) is 0 Å². The van der Waals surface area contributed by atoms with Gasteiger partial charge < -0.3 is 11.1 Å². The number of anilines is 1. The van der Waals surface area contributed by atoms with Crippen LogP contribution in [0.1, 0.15) is 12.5 Å². The predicted molar refractivity (Wildman–Crippen MR) is 53.6 cm³/mol. The lowest BCUT2D eigenvalue weighted by atomic mass is 10.1. The van der Waals surface area contributed by atoms with E-state index in [1.54, 1.807) is 0 Å². The minimum atomic E-state index is 0.767. The first-order valence-corrected chi connectivity index (χ1v) is 4.03. The normalized spacial score (nSPS) is 9.42. The topological polar surface area (TPSA) is 38.0 Å². The van der Waals surface area contributed by atoms with E-state index in [9.17, 15) is 0 Å². The van der Waals surface area contributed by atoms with Crippen molar-refractivity contribution in [3.05, 3.63) is 36.4 Å². The molecule has 0 bridgehead atoms. The van der Waals surface area contributed by atoms with Gasteiger partial charge in [0.1, 0.15) is 0 Å². The monoisotopic (exact) mass is 162 g/mol. The number of para-hydroxylation sites is 1. The highest BCUT2D eigenvalue weighted by Gasteiger charge is 1.99. The van der Waals surface area contributed by atoms with Crippen LogP contribution < -0.4 is 11.1 Å². The molecule has 1 aromatic rings. The second kappa shape index (κ2) is 3.81. The van der Waals surface area contributed by atoms with Gasteiger partial charge in [-0.1, -0.05) is 24.8 Å². The molecule has 0 atom stereocenters. The standard InChI is InChI=1S/C10H14N2/c1-3-12-8(2)9-6-4-5-7-10(9)11/h4-7,12H,2-3,11H2,1H3. The van der Waals surface area contributed by atoms with Crippen molar-refractivity contribution >= 4 is 11.4 Å². The number of nitrogen functional groups attached to an aromatic ring is 1. The van der Waals surface area contributed by atoms with Gasteiger partial charge in [-0.25, -0.2) is 0 Å². The third-order valence-electron chi connectivity index (χ3n) is 1.68. The SMILES string of the molecule is C=C(NCC)c1ccccc1N. The molecular weight excluding hydrogens is 148 g/mol. The second-order valence-corrected chi connectivity index (χ2v) is 2.60. The van der Waals surface area contributed by atoms with Crippen LogP contribution in [0.25, 0.3) is 5.70 Å². The summed E-state index contributed by atoms with van der Waals surface area (Å²) in [5.74, 6) is 0. The van der Waals surface area contributed by atoms with E-state index in [4.69, 9.17) is 5.73 Å². The second-order valence-electron chi connectivity index (χ2n) is 2.60. The van der Waals surface area contributed by atoms with E-state index in [-0.39, 0.29) is 0 Å². The molecule has 0 radical (unpaired) electrons. The molecule has 1 rings (SSSR count). The van der Waals surface area contributed by atoms with Crippen LogP contribution in [-0.4, -0.2) is 6.54 Å². The molecule has 0 spiro atoms. The maximum Gasteiger partial charge on any atom is 0.0408 e. The van der Waals surface area contributed by atoms with Crippen LogP contribution in [0, 0.1) is 0 Å². The Morgan fingerprint density at radius 1 is 1.50 bits per heavy atom. The van der Waals surface area contributed by atoms with Gasteiger partial charge in [0.2, 0.25) is 0 Å². The first-order valence-electron chi connectivity index (χ1n) is 4.03. The quantitative estimate of drug-likeness (QED) is 0.666. The van der Waals surface area contributed by atoms with E-state index >= 15 is 0 Å². The summed E-state index contributed by atoms with van der Waals surface area (Å²) < 4.78 is 0. The Kier molecular flexibility index (Phi) is 2.75. The molecule has 0 aliphatic carbocycles. The van der Waals surface area contributed by atoms with E-state index < -0.39 is 0 Å². The lowest BCUT2D eigenvalue weighted by molar-refractivity contribution is 0.943. The summed E-state index contributed by atoms with van der Waals surface area (Å²) in [7, 11) is 0. The van der Waals surface area contributed by atoms with Gasteiger partial charge in [-0.15, -0.1) is 0 Å². The molecule has 12 heavy (non-hydrogen) atoms. The Morgan fingerprint density at radius 2 is 2.17 bits per heavy atom. The Balaban J connectivity index is 2.87. The molecule has 0 unspecified atom stereocenters. The maximum absolute atomic E-state index is 5.75. The highest BCUT2D eigenvalue weighted by Crippen LogP contribution is 2.16. The van der Waals surface area contributed by atoms with Crippen LogP contribution in [0.4, 0.5) is 5.69 Å². The Hall–Kier alpha value is -1.44. The van der Waals surface area contributed by atoms with Gasteiger partial charge in [-0.3, -0.25) is 0 Å². The zero-order valence-electron chi connectivity index (χ0n) is 7.30.